The van der Waals surface area contributed by atoms with E-state index < -0.39 is 0 Å². The van der Waals surface area contributed by atoms with Crippen LogP contribution >= 0.6 is 0 Å². The minimum absolute atomic E-state index is 0.117. The van der Waals surface area contributed by atoms with Crippen molar-refractivity contribution in [1.29, 1.82) is 0 Å². The molecule has 1 rings (SSSR count). The number of unbranched alkanes of at least 4 members (excludes halogenated alkanes) is 3. The highest BCUT2D eigenvalue weighted by Gasteiger charge is 2.32. The molecule has 0 aromatic heterocycles. The van der Waals surface area contributed by atoms with Crippen LogP contribution in [0.4, 0.5) is 0 Å². The number of carbonyl (C=O) groups is 2. The van der Waals surface area contributed by atoms with Crippen LogP contribution in [0.5, 0.6) is 0 Å². The van der Waals surface area contributed by atoms with Gasteiger partial charge in [0.2, 0.25) is 0 Å². The Morgan fingerprint density at radius 3 is 2.63 bits per heavy atom. The maximum absolute atomic E-state index is 11.8. The third-order valence-electron chi connectivity index (χ3n) is 4.28. The molecule has 19 heavy (non-hydrogen) atoms. The molecular weight excluding hydrogens is 240 g/mol. The van der Waals surface area contributed by atoms with Crippen molar-refractivity contribution in [3.05, 3.63) is 0 Å². The number of hydrogen-bond donors (Lipinski definition) is 0. The summed E-state index contributed by atoms with van der Waals surface area (Å²) in [6.07, 6.45) is 10.1. The van der Waals surface area contributed by atoms with Gasteiger partial charge in [-0.3, -0.25) is 9.59 Å². The van der Waals surface area contributed by atoms with Crippen molar-refractivity contribution < 1.29 is 14.3 Å². The first kappa shape index (κ1) is 16.2. The molecule has 3 nitrogen and oxygen atoms in total. The van der Waals surface area contributed by atoms with E-state index in [0.29, 0.717) is 24.0 Å². The van der Waals surface area contributed by atoms with Crippen LogP contribution in [0.3, 0.4) is 0 Å². The largest absolute Gasteiger partial charge is 0.469 e. The Hall–Kier alpha value is -0.860. The van der Waals surface area contributed by atoms with E-state index >= 15 is 0 Å². The van der Waals surface area contributed by atoms with Gasteiger partial charge in [-0.25, -0.2) is 0 Å². The quantitative estimate of drug-likeness (QED) is 0.470. The lowest BCUT2D eigenvalue weighted by Gasteiger charge is -2.17. The van der Waals surface area contributed by atoms with Gasteiger partial charge in [-0.15, -0.1) is 0 Å². The van der Waals surface area contributed by atoms with Gasteiger partial charge >= 0.3 is 5.97 Å². The SMILES string of the molecule is CCCC1CCC(=O)C1CCCCCCC(=O)OC. The van der Waals surface area contributed by atoms with Crippen LogP contribution in [0.15, 0.2) is 0 Å². The highest BCUT2D eigenvalue weighted by atomic mass is 16.5. The summed E-state index contributed by atoms with van der Waals surface area (Å²) in [5, 5.41) is 0. The minimum atomic E-state index is -0.117. The second-order valence-electron chi connectivity index (χ2n) is 5.69. The molecule has 1 fully saturated rings. The molecule has 2 atom stereocenters. The number of Topliss-reactive ketones (excluding diaryl/α,β-unsaturated/α-hetero) is 1. The number of rotatable bonds is 9. The molecule has 1 aliphatic rings. The Kier molecular flexibility index (Phi) is 7.76. The number of hydrogen-bond acceptors (Lipinski definition) is 3. The predicted octanol–water partition coefficient (Wildman–Crippen LogP) is 3.90. The second kappa shape index (κ2) is 9.11. The Bertz CT molecular complexity index is 286. The molecule has 0 spiro atoms. The molecule has 0 N–H and O–H groups in total. The fourth-order valence-electron chi connectivity index (χ4n) is 3.18. The summed E-state index contributed by atoms with van der Waals surface area (Å²) in [6.45, 7) is 2.20. The average molecular weight is 268 g/mol. The maximum atomic E-state index is 11.8. The molecule has 0 aliphatic heterocycles. The first-order chi connectivity index (χ1) is 9.19. The highest BCUT2D eigenvalue weighted by molar-refractivity contribution is 5.83. The van der Waals surface area contributed by atoms with Crippen molar-refractivity contribution in [2.45, 2.75) is 71.1 Å². The monoisotopic (exact) mass is 268 g/mol. The van der Waals surface area contributed by atoms with Gasteiger partial charge in [0, 0.05) is 18.8 Å². The number of methoxy groups -OCH3 is 1. The molecule has 0 saturated heterocycles. The second-order valence-corrected chi connectivity index (χ2v) is 5.69. The molecule has 1 aliphatic carbocycles. The Labute approximate surface area is 117 Å². The van der Waals surface area contributed by atoms with Crippen molar-refractivity contribution in [2.75, 3.05) is 7.11 Å². The van der Waals surface area contributed by atoms with Gasteiger partial charge in [0.15, 0.2) is 0 Å². The summed E-state index contributed by atoms with van der Waals surface area (Å²) in [7, 11) is 1.43. The van der Waals surface area contributed by atoms with E-state index in [2.05, 4.69) is 11.7 Å². The van der Waals surface area contributed by atoms with Crippen LogP contribution in [0, 0.1) is 11.8 Å². The summed E-state index contributed by atoms with van der Waals surface area (Å²) in [5.41, 5.74) is 0. The zero-order valence-corrected chi connectivity index (χ0v) is 12.5. The van der Waals surface area contributed by atoms with Gasteiger partial charge in [-0.1, -0.05) is 39.0 Å². The van der Waals surface area contributed by atoms with Crippen LogP contribution in [0.2, 0.25) is 0 Å². The molecule has 0 bridgehead atoms. The van der Waals surface area contributed by atoms with Crippen molar-refractivity contribution in [3.8, 4) is 0 Å². The summed E-state index contributed by atoms with van der Waals surface area (Å²) >= 11 is 0. The van der Waals surface area contributed by atoms with Gasteiger partial charge in [0.25, 0.3) is 0 Å². The summed E-state index contributed by atoms with van der Waals surface area (Å²) in [4.78, 5) is 22.8. The van der Waals surface area contributed by atoms with E-state index in [1.54, 1.807) is 0 Å². The Morgan fingerprint density at radius 2 is 1.95 bits per heavy atom. The number of carbonyl (C=O) groups excluding carboxylic acids is 2. The third-order valence-corrected chi connectivity index (χ3v) is 4.28. The smallest absolute Gasteiger partial charge is 0.305 e. The van der Waals surface area contributed by atoms with Crippen LogP contribution in [0.25, 0.3) is 0 Å². The summed E-state index contributed by atoms with van der Waals surface area (Å²) < 4.78 is 4.61. The molecule has 0 aromatic carbocycles. The summed E-state index contributed by atoms with van der Waals surface area (Å²) in [5.74, 6) is 1.36. The van der Waals surface area contributed by atoms with E-state index in [1.165, 1.54) is 20.0 Å². The standard InChI is InChI=1S/C16H28O3/c1-3-8-13-11-12-15(17)14(13)9-6-4-5-7-10-16(18)19-2/h13-14H,3-12H2,1-2H3. The maximum Gasteiger partial charge on any atom is 0.305 e. The zero-order chi connectivity index (χ0) is 14.1. The Balaban J connectivity index is 2.10. The number of ketones is 1. The molecule has 0 radical (unpaired) electrons. The van der Waals surface area contributed by atoms with Crippen LogP contribution < -0.4 is 0 Å². The molecule has 0 amide bonds. The van der Waals surface area contributed by atoms with Crippen molar-refractivity contribution >= 4 is 11.8 Å². The van der Waals surface area contributed by atoms with Crippen molar-refractivity contribution in [2.24, 2.45) is 11.8 Å². The summed E-state index contributed by atoms with van der Waals surface area (Å²) in [6, 6.07) is 0. The average Bonchev–Trinajstić information content (AvgIpc) is 2.75. The van der Waals surface area contributed by atoms with E-state index in [-0.39, 0.29) is 5.97 Å². The van der Waals surface area contributed by atoms with Gasteiger partial charge in [-0.05, 0) is 25.2 Å². The van der Waals surface area contributed by atoms with Gasteiger partial charge < -0.3 is 4.74 Å². The number of ether oxygens (including phenoxy) is 1. The van der Waals surface area contributed by atoms with Crippen LogP contribution in [-0.4, -0.2) is 18.9 Å². The van der Waals surface area contributed by atoms with E-state index in [9.17, 15) is 9.59 Å². The lowest BCUT2D eigenvalue weighted by Crippen LogP contribution is -2.14. The molecule has 1 saturated carbocycles. The first-order valence-corrected chi connectivity index (χ1v) is 7.78. The lowest BCUT2D eigenvalue weighted by molar-refractivity contribution is -0.140. The minimum Gasteiger partial charge on any atom is -0.469 e. The molecule has 110 valence electrons. The topological polar surface area (TPSA) is 43.4 Å². The molecule has 2 unspecified atom stereocenters. The van der Waals surface area contributed by atoms with Crippen molar-refractivity contribution in [3.63, 3.8) is 0 Å². The van der Waals surface area contributed by atoms with Crippen LogP contribution in [0.1, 0.15) is 71.1 Å². The van der Waals surface area contributed by atoms with Crippen molar-refractivity contribution in [1.82, 2.24) is 0 Å². The first-order valence-electron chi connectivity index (χ1n) is 7.78. The molecule has 3 heteroatoms. The Morgan fingerprint density at radius 1 is 1.21 bits per heavy atom. The fourth-order valence-corrected chi connectivity index (χ4v) is 3.18. The third kappa shape index (κ3) is 5.75. The molecular formula is C16H28O3. The fraction of sp³-hybridized carbons (Fsp3) is 0.875. The van der Waals surface area contributed by atoms with Gasteiger partial charge in [0.05, 0.1) is 7.11 Å². The van der Waals surface area contributed by atoms with E-state index in [1.807, 2.05) is 0 Å². The lowest BCUT2D eigenvalue weighted by atomic mass is 9.87. The van der Waals surface area contributed by atoms with Crippen LogP contribution in [-0.2, 0) is 14.3 Å². The number of esters is 1. The predicted molar refractivity (Wildman–Crippen MR) is 75.8 cm³/mol. The van der Waals surface area contributed by atoms with E-state index in [0.717, 1.165) is 44.9 Å². The zero-order valence-electron chi connectivity index (χ0n) is 12.5. The molecule has 0 aromatic rings. The highest BCUT2D eigenvalue weighted by Crippen LogP contribution is 2.35. The molecule has 0 heterocycles. The van der Waals surface area contributed by atoms with Gasteiger partial charge in [0.1, 0.15) is 5.78 Å². The van der Waals surface area contributed by atoms with Gasteiger partial charge in [-0.2, -0.15) is 0 Å². The van der Waals surface area contributed by atoms with E-state index in [4.69, 9.17) is 0 Å². The normalized spacial score (nSPS) is 22.7.